The van der Waals surface area contributed by atoms with Crippen molar-refractivity contribution >= 4 is 11.6 Å². The molecule has 76 valence electrons. The van der Waals surface area contributed by atoms with Crippen molar-refractivity contribution in [1.82, 2.24) is 4.98 Å². The van der Waals surface area contributed by atoms with Crippen LogP contribution in [-0.4, -0.2) is 10.4 Å². The van der Waals surface area contributed by atoms with Crippen LogP contribution in [0, 0.1) is 5.41 Å². The molecule has 0 aromatic carbocycles. The lowest BCUT2D eigenvalue weighted by Gasteiger charge is -2.23. The summed E-state index contributed by atoms with van der Waals surface area (Å²) in [4.78, 5) is 4.02. The summed E-state index contributed by atoms with van der Waals surface area (Å²) < 4.78 is 0. The first-order chi connectivity index (χ1) is 6.63. The van der Waals surface area contributed by atoms with Gasteiger partial charge in [-0.15, -0.1) is 11.6 Å². The predicted molar refractivity (Wildman–Crippen MR) is 59.6 cm³/mol. The minimum Gasteiger partial charge on any atom is -0.265 e. The Balaban J connectivity index is 2.12. The van der Waals surface area contributed by atoms with E-state index >= 15 is 0 Å². The van der Waals surface area contributed by atoms with Crippen LogP contribution in [0.2, 0.25) is 0 Å². The van der Waals surface area contributed by atoms with Crippen LogP contribution >= 0.6 is 11.6 Å². The molecule has 0 N–H and O–H groups in total. The molecule has 1 nitrogen and oxygen atoms in total. The van der Waals surface area contributed by atoms with Gasteiger partial charge in [-0.3, -0.25) is 4.98 Å². The molecule has 1 fully saturated rings. The zero-order valence-electron chi connectivity index (χ0n) is 8.70. The number of halogens is 1. The van der Waals surface area contributed by atoms with E-state index in [2.05, 4.69) is 31.0 Å². The third-order valence-electron chi connectivity index (χ3n) is 3.38. The molecule has 2 rings (SSSR count). The zero-order chi connectivity index (χ0) is 10.2. The molecule has 2 heteroatoms. The minimum absolute atomic E-state index is 0.255. The highest BCUT2D eigenvalue weighted by Gasteiger charge is 2.46. The first kappa shape index (κ1) is 9.97. The summed E-state index contributed by atoms with van der Waals surface area (Å²) in [6, 6.07) is 4.12. The lowest BCUT2D eigenvalue weighted by molar-refractivity contribution is 0.477. The van der Waals surface area contributed by atoms with Gasteiger partial charge in [-0.1, -0.05) is 13.8 Å². The Bertz CT molecular complexity index is 305. The Hall–Kier alpha value is -0.560. The second kappa shape index (κ2) is 3.54. The van der Waals surface area contributed by atoms with Gasteiger partial charge in [0.1, 0.15) is 0 Å². The largest absolute Gasteiger partial charge is 0.265 e. The molecule has 1 heterocycles. The number of rotatable bonds is 3. The number of nitrogens with zero attached hydrogens (tertiary/aromatic N) is 1. The molecule has 1 aliphatic carbocycles. The smallest absolute Gasteiger partial charge is 0.0455 e. The lowest BCUT2D eigenvalue weighted by atomic mass is 9.89. The molecule has 0 saturated heterocycles. The monoisotopic (exact) mass is 209 g/mol. The Morgan fingerprint density at radius 3 is 2.43 bits per heavy atom. The van der Waals surface area contributed by atoms with Crippen molar-refractivity contribution in [3.05, 3.63) is 30.1 Å². The number of hydrogen-bond donors (Lipinski definition) is 0. The summed E-state index contributed by atoms with van der Waals surface area (Å²) in [7, 11) is 0. The third kappa shape index (κ3) is 1.78. The van der Waals surface area contributed by atoms with E-state index in [-0.39, 0.29) is 5.38 Å². The van der Waals surface area contributed by atoms with E-state index in [9.17, 15) is 0 Å². The van der Waals surface area contributed by atoms with Crippen molar-refractivity contribution < 1.29 is 0 Å². The maximum atomic E-state index is 6.48. The summed E-state index contributed by atoms with van der Waals surface area (Å²) >= 11 is 6.48. The Kier molecular flexibility index (Phi) is 2.52. The van der Waals surface area contributed by atoms with Crippen LogP contribution in [0.15, 0.2) is 24.5 Å². The van der Waals surface area contributed by atoms with Crippen LogP contribution in [0.4, 0.5) is 0 Å². The number of aromatic nitrogens is 1. The van der Waals surface area contributed by atoms with Gasteiger partial charge in [0.15, 0.2) is 0 Å². The van der Waals surface area contributed by atoms with Gasteiger partial charge in [0, 0.05) is 17.8 Å². The topological polar surface area (TPSA) is 12.9 Å². The van der Waals surface area contributed by atoms with E-state index in [1.54, 1.807) is 0 Å². The van der Waals surface area contributed by atoms with Gasteiger partial charge in [-0.25, -0.2) is 0 Å². The fraction of sp³-hybridized carbons (Fsp3) is 0.583. The molecule has 0 spiro atoms. The highest BCUT2D eigenvalue weighted by molar-refractivity contribution is 6.21. The van der Waals surface area contributed by atoms with Crippen LogP contribution in [0.1, 0.15) is 38.2 Å². The number of alkyl halides is 1. The van der Waals surface area contributed by atoms with Crippen LogP contribution in [-0.2, 0) is 0 Å². The van der Waals surface area contributed by atoms with Crippen molar-refractivity contribution in [2.75, 3.05) is 0 Å². The fourth-order valence-electron chi connectivity index (χ4n) is 1.91. The molecule has 1 aromatic rings. The van der Waals surface area contributed by atoms with Crippen LogP contribution < -0.4 is 0 Å². The molecule has 1 aliphatic rings. The summed E-state index contributed by atoms with van der Waals surface area (Å²) in [5.41, 5.74) is 1.68. The standard InChI is InChI=1S/C12H16ClN/c1-9(10-3-7-14-8-4-10)11(13)12(2)5-6-12/h3-4,7-9,11H,5-6H2,1-2H3. The molecule has 0 aliphatic heterocycles. The van der Waals surface area contributed by atoms with Crippen LogP contribution in [0.5, 0.6) is 0 Å². The normalized spacial score (nSPS) is 22.8. The van der Waals surface area contributed by atoms with Gasteiger partial charge in [0.2, 0.25) is 0 Å². The summed E-state index contributed by atoms with van der Waals surface area (Å²) in [5, 5.41) is 0.255. The molecule has 2 unspecified atom stereocenters. The average molecular weight is 210 g/mol. The van der Waals surface area contributed by atoms with E-state index in [0.29, 0.717) is 11.3 Å². The van der Waals surface area contributed by atoms with Crippen LogP contribution in [0.25, 0.3) is 0 Å². The van der Waals surface area contributed by atoms with Crippen molar-refractivity contribution in [3.63, 3.8) is 0 Å². The fourth-order valence-corrected chi connectivity index (χ4v) is 2.28. The second-order valence-corrected chi connectivity index (χ2v) is 5.10. The van der Waals surface area contributed by atoms with E-state index in [1.807, 2.05) is 12.4 Å². The Labute approximate surface area is 90.5 Å². The van der Waals surface area contributed by atoms with Gasteiger partial charge < -0.3 is 0 Å². The molecule has 2 atom stereocenters. The van der Waals surface area contributed by atoms with E-state index in [0.717, 1.165) is 0 Å². The van der Waals surface area contributed by atoms with Crippen molar-refractivity contribution in [3.8, 4) is 0 Å². The predicted octanol–water partition coefficient (Wildman–Crippen LogP) is 3.59. The minimum atomic E-state index is 0.255. The third-order valence-corrected chi connectivity index (χ3v) is 4.28. The Morgan fingerprint density at radius 2 is 1.93 bits per heavy atom. The van der Waals surface area contributed by atoms with Gasteiger partial charge >= 0.3 is 0 Å². The van der Waals surface area contributed by atoms with E-state index in [4.69, 9.17) is 11.6 Å². The maximum absolute atomic E-state index is 6.48. The van der Waals surface area contributed by atoms with Crippen LogP contribution in [0.3, 0.4) is 0 Å². The van der Waals surface area contributed by atoms with Gasteiger partial charge in [0.25, 0.3) is 0 Å². The summed E-state index contributed by atoms with van der Waals surface area (Å²) in [6.45, 7) is 4.49. The van der Waals surface area contributed by atoms with Gasteiger partial charge in [-0.2, -0.15) is 0 Å². The van der Waals surface area contributed by atoms with Gasteiger partial charge in [0.05, 0.1) is 0 Å². The first-order valence-electron chi connectivity index (χ1n) is 5.17. The molecule has 14 heavy (non-hydrogen) atoms. The highest BCUT2D eigenvalue weighted by Crippen LogP contribution is 2.54. The lowest BCUT2D eigenvalue weighted by Crippen LogP contribution is -2.19. The van der Waals surface area contributed by atoms with E-state index in [1.165, 1.54) is 18.4 Å². The molecule has 0 bridgehead atoms. The van der Waals surface area contributed by atoms with Gasteiger partial charge in [-0.05, 0) is 41.9 Å². The SMILES string of the molecule is CC(c1ccncc1)C(Cl)C1(C)CC1. The quantitative estimate of drug-likeness (QED) is 0.694. The second-order valence-electron chi connectivity index (χ2n) is 4.63. The Morgan fingerprint density at radius 1 is 1.36 bits per heavy atom. The number of pyridine rings is 1. The molecule has 1 saturated carbocycles. The summed E-state index contributed by atoms with van der Waals surface area (Å²) in [6.07, 6.45) is 6.22. The maximum Gasteiger partial charge on any atom is 0.0455 e. The van der Waals surface area contributed by atoms with Crippen molar-refractivity contribution in [1.29, 1.82) is 0 Å². The summed E-state index contributed by atoms with van der Waals surface area (Å²) in [5.74, 6) is 0.423. The molecular weight excluding hydrogens is 194 g/mol. The van der Waals surface area contributed by atoms with E-state index < -0.39 is 0 Å². The molecule has 0 amide bonds. The molecule has 1 aromatic heterocycles. The zero-order valence-corrected chi connectivity index (χ0v) is 9.46. The number of hydrogen-bond acceptors (Lipinski definition) is 1. The molecule has 0 radical (unpaired) electrons. The highest BCUT2D eigenvalue weighted by atomic mass is 35.5. The molecular formula is C12H16ClN. The van der Waals surface area contributed by atoms with Crippen molar-refractivity contribution in [2.45, 2.75) is 38.0 Å². The first-order valence-corrected chi connectivity index (χ1v) is 5.61. The van der Waals surface area contributed by atoms with Crippen molar-refractivity contribution in [2.24, 2.45) is 5.41 Å². The average Bonchev–Trinajstić information content (AvgIpc) is 2.97.